The highest BCUT2D eigenvalue weighted by atomic mass is 19.1. The Balaban J connectivity index is 1.52. The van der Waals surface area contributed by atoms with Crippen molar-refractivity contribution in [3.05, 3.63) is 101 Å². The maximum Gasteiger partial charge on any atom is 0.218 e. The molecule has 0 fully saturated rings. The van der Waals surface area contributed by atoms with Gasteiger partial charge in [-0.3, -0.25) is 0 Å². The predicted molar refractivity (Wildman–Crippen MR) is 117 cm³/mol. The molecule has 0 saturated carbocycles. The summed E-state index contributed by atoms with van der Waals surface area (Å²) in [7, 11) is 0. The number of nitriles is 1. The molecule has 6 nitrogen and oxygen atoms in total. The third-order valence-electron chi connectivity index (χ3n) is 4.92. The van der Waals surface area contributed by atoms with Crippen molar-refractivity contribution < 1.29 is 13.9 Å². The summed E-state index contributed by atoms with van der Waals surface area (Å²) >= 11 is 0. The van der Waals surface area contributed by atoms with Gasteiger partial charge in [-0.15, -0.1) is 0 Å². The van der Waals surface area contributed by atoms with E-state index in [1.807, 2.05) is 18.2 Å². The second-order valence-corrected chi connectivity index (χ2v) is 7.10. The minimum absolute atomic E-state index is 0.256. The van der Waals surface area contributed by atoms with E-state index in [0.717, 1.165) is 23.1 Å². The lowest BCUT2D eigenvalue weighted by atomic mass is 10.1. The van der Waals surface area contributed by atoms with Crippen LogP contribution in [0.25, 0.3) is 5.82 Å². The van der Waals surface area contributed by atoms with E-state index in [-0.39, 0.29) is 12.4 Å². The van der Waals surface area contributed by atoms with Gasteiger partial charge in [-0.05, 0) is 41.8 Å². The predicted octanol–water partition coefficient (Wildman–Crippen LogP) is 5.00. The molecule has 0 bridgehead atoms. The Morgan fingerprint density at radius 3 is 2.53 bits per heavy atom. The SMILES string of the molecule is CCc1ccc(COc2ccnn2-c2cc(C#N)ccn2)c(OCc2ccc(F)cc2)c1. The lowest BCUT2D eigenvalue weighted by Crippen LogP contribution is -2.07. The molecule has 0 N–H and O–H groups in total. The van der Waals surface area contributed by atoms with Crippen LogP contribution in [-0.4, -0.2) is 14.8 Å². The Morgan fingerprint density at radius 1 is 0.938 bits per heavy atom. The molecule has 0 aliphatic heterocycles. The summed E-state index contributed by atoms with van der Waals surface area (Å²) in [6.07, 6.45) is 4.05. The number of rotatable bonds is 8. The fourth-order valence-electron chi connectivity index (χ4n) is 3.14. The van der Waals surface area contributed by atoms with Gasteiger partial charge in [0.25, 0.3) is 0 Å². The van der Waals surface area contributed by atoms with Crippen molar-refractivity contribution in [3.8, 4) is 23.5 Å². The number of aryl methyl sites for hydroxylation is 1. The highest BCUT2D eigenvalue weighted by Gasteiger charge is 2.11. The second kappa shape index (κ2) is 9.75. The lowest BCUT2D eigenvalue weighted by molar-refractivity contribution is 0.262. The molecule has 0 unspecified atom stereocenters. The van der Waals surface area contributed by atoms with Crippen LogP contribution < -0.4 is 9.47 Å². The van der Waals surface area contributed by atoms with Crippen LogP contribution in [-0.2, 0) is 19.6 Å². The molecule has 4 aromatic rings. The zero-order valence-corrected chi connectivity index (χ0v) is 17.5. The summed E-state index contributed by atoms with van der Waals surface area (Å²) < 4.78 is 26.8. The number of benzene rings is 2. The first kappa shape index (κ1) is 21.1. The van der Waals surface area contributed by atoms with Crippen molar-refractivity contribution in [1.82, 2.24) is 14.8 Å². The number of nitrogens with zero attached hydrogens (tertiary/aromatic N) is 4. The molecule has 2 aromatic carbocycles. The maximum atomic E-state index is 13.2. The number of hydrogen-bond donors (Lipinski definition) is 0. The van der Waals surface area contributed by atoms with Gasteiger partial charge < -0.3 is 9.47 Å². The van der Waals surface area contributed by atoms with Crippen LogP contribution in [0.5, 0.6) is 11.6 Å². The van der Waals surface area contributed by atoms with Crippen LogP contribution in [0.4, 0.5) is 4.39 Å². The minimum atomic E-state index is -0.276. The first-order valence-electron chi connectivity index (χ1n) is 10.2. The number of hydrogen-bond acceptors (Lipinski definition) is 5. The molecule has 4 rings (SSSR count). The van der Waals surface area contributed by atoms with Crippen LogP contribution in [0.3, 0.4) is 0 Å². The van der Waals surface area contributed by atoms with E-state index < -0.39 is 0 Å². The standard InChI is InChI=1S/C25H21FN4O2/c1-2-18-3-6-21(23(13-18)31-16-19-4-7-22(26)8-5-19)17-32-25-10-12-29-30(25)24-14-20(15-27)9-11-28-24/h3-14H,2,16-17H2,1H3. The van der Waals surface area contributed by atoms with Crippen molar-refractivity contribution in [2.75, 3.05) is 0 Å². The van der Waals surface area contributed by atoms with Gasteiger partial charge in [-0.2, -0.15) is 15.0 Å². The van der Waals surface area contributed by atoms with E-state index in [2.05, 4.69) is 23.1 Å². The highest BCUT2D eigenvalue weighted by Crippen LogP contribution is 2.25. The quantitative estimate of drug-likeness (QED) is 0.395. The molecule has 2 heterocycles. The summed E-state index contributed by atoms with van der Waals surface area (Å²) in [4.78, 5) is 4.27. The molecule has 0 spiro atoms. The molecular formula is C25H21FN4O2. The van der Waals surface area contributed by atoms with Gasteiger partial charge >= 0.3 is 0 Å². The number of aromatic nitrogens is 3. The highest BCUT2D eigenvalue weighted by molar-refractivity contribution is 5.39. The average molecular weight is 428 g/mol. The van der Waals surface area contributed by atoms with Crippen molar-refractivity contribution in [3.63, 3.8) is 0 Å². The summed E-state index contributed by atoms with van der Waals surface area (Å²) in [5, 5.41) is 13.4. The van der Waals surface area contributed by atoms with Crippen LogP contribution in [0.1, 0.15) is 29.2 Å². The van der Waals surface area contributed by atoms with Gasteiger partial charge in [0, 0.05) is 23.9 Å². The number of pyridine rings is 1. The Kier molecular flexibility index (Phi) is 6.42. The molecule has 2 aromatic heterocycles. The monoisotopic (exact) mass is 428 g/mol. The molecule has 0 amide bonds. The van der Waals surface area contributed by atoms with Crippen LogP contribution in [0.15, 0.2) is 73.1 Å². The molecule has 0 aliphatic carbocycles. The van der Waals surface area contributed by atoms with Crippen molar-refractivity contribution >= 4 is 0 Å². The zero-order chi connectivity index (χ0) is 22.3. The second-order valence-electron chi connectivity index (χ2n) is 7.10. The van der Waals surface area contributed by atoms with E-state index in [4.69, 9.17) is 14.7 Å². The van der Waals surface area contributed by atoms with E-state index in [1.54, 1.807) is 47.4 Å². The van der Waals surface area contributed by atoms with Gasteiger partial charge in [0.15, 0.2) is 5.82 Å². The smallest absolute Gasteiger partial charge is 0.218 e. The average Bonchev–Trinajstić information content (AvgIpc) is 3.31. The fraction of sp³-hybridized carbons (Fsp3) is 0.160. The first-order chi connectivity index (χ1) is 15.7. The zero-order valence-electron chi connectivity index (χ0n) is 17.5. The van der Waals surface area contributed by atoms with E-state index in [1.165, 1.54) is 12.1 Å². The topological polar surface area (TPSA) is 73.0 Å². The molecule has 0 saturated heterocycles. The largest absolute Gasteiger partial charge is 0.488 e. The van der Waals surface area contributed by atoms with Crippen LogP contribution in [0.2, 0.25) is 0 Å². The molecule has 7 heteroatoms. The summed E-state index contributed by atoms with van der Waals surface area (Å²) in [6.45, 7) is 2.66. The molecule has 0 radical (unpaired) electrons. The molecule has 32 heavy (non-hydrogen) atoms. The molecule has 0 atom stereocenters. The Labute approximate surface area is 185 Å². The van der Waals surface area contributed by atoms with Gasteiger partial charge in [0.05, 0.1) is 17.8 Å². The summed E-state index contributed by atoms with van der Waals surface area (Å²) in [5.74, 6) is 1.43. The number of halogens is 1. The number of ether oxygens (including phenoxy) is 2. The van der Waals surface area contributed by atoms with Crippen LogP contribution >= 0.6 is 0 Å². The maximum absolute atomic E-state index is 13.2. The molecule has 160 valence electrons. The lowest BCUT2D eigenvalue weighted by Gasteiger charge is -2.14. The van der Waals surface area contributed by atoms with Gasteiger partial charge in [0.2, 0.25) is 5.88 Å². The third kappa shape index (κ3) is 4.93. The van der Waals surface area contributed by atoms with Gasteiger partial charge in [-0.25, -0.2) is 9.37 Å². The minimum Gasteiger partial charge on any atom is -0.488 e. The molecular weight excluding hydrogens is 407 g/mol. The van der Waals surface area contributed by atoms with E-state index >= 15 is 0 Å². The first-order valence-corrected chi connectivity index (χ1v) is 10.2. The van der Waals surface area contributed by atoms with Crippen LogP contribution in [0, 0.1) is 17.1 Å². The fourth-order valence-corrected chi connectivity index (χ4v) is 3.14. The van der Waals surface area contributed by atoms with Crippen molar-refractivity contribution in [1.29, 1.82) is 5.26 Å². The Morgan fingerprint density at radius 2 is 1.75 bits per heavy atom. The van der Waals surface area contributed by atoms with E-state index in [9.17, 15) is 4.39 Å². The normalized spacial score (nSPS) is 10.5. The van der Waals surface area contributed by atoms with Gasteiger partial charge in [-0.1, -0.05) is 31.2 Å². The Bertz CT molecular complexity index is 1250. The van der Waals surface area contributed by atoms with Crippen molar-refractivity contribution in [2.45, 2.75) is 26.6 Å². The Hall–Kier alpha value is -4.18. The van der Waals surface area contributed by atoms with Crippen molar-refractivity contribution in [2.24, 2.45) is 0 Å². The molecule has 0 aliphatic rings. The summed E-state index contributed by atoms with van der Waals surface area (Å²) in [5.41, 5.74) is 3.38. The van der Waals surface area contributed by atoms with Gasteiger partial charge in [0.1, 0.15) is 24.8 Å². The third-order valence-corrected chi connectivity index (χ3v) is 4.92. The van der Waals surface area contributed by atoms with E-state index in [0.29, 0.717) is 29.6 Å². The summed E-state index contributed by atoms with van der Waals surface area (Å²) in [6, 6.07) is 19.4.